The number of carbonyl (C=O) groups excluding carboxylic acids is 2. The van der Waals surface area contributed by atoms with Crippen molar-refractivity contribution < 1.29 is 24.5 Å². The van der Waals surface area contributed by atoms with Crippen LogP contribution in [0.5, 0.6) is 0 Å². The van der Waals surface area contributed by atoms with Crippen LogP contribution in [0.2, 0.25) is 0 Å². The van der Waals surface area contributed by atoms with Crippen molar-refractivity contribution in [2.75, 3.05) is 13.2 Å². The van der Waals surface area contributed by atoms with Crippen molar-refractivity contribution >= 4 is 11.9 Å². The second-order valence-electron chi connectivity index (χ2n) is 18.6. The highest BCUT2D eigenvalue weighted by atomic mass is 16.5. The SMILES string of the molecule is CCCCCCCC/C=C\CCCCCCCCCCCC(=O)OCCCCCCCCCCCCCCCCC(=O)NC(CO)C(O)CCCCCCCCCCCC. The summed E-state index contributed by atoms with van der Waals surface area (Å²) in [6.45, 7) is 4.92. The van der Waals surface area contributed by atoms with Crippen molar-refractivity contribution in [1.82, 2.24) is 5.32 Å². The molecule has 0 bridgehead atoms. The first kappa shape index (κ1) is 58.6. The van der Waals surface area contributed by atoms with Gasteiger partial charge in [0, 0.05) is 12.8 Å². The number of carbonyl (C=O) groups is 2. The first-order valence-corrected chi connectivity index (χ1v) is 26.9. The molecule has 2 atom stereocenters. The standard InChI is InChI=1S/C54H105NO5/c1-3-5-7-9-11-13-15-16-17-18-19-20-21-25-28-32-36-40-44-48-54(59)60-49-45-41-37-33-29-26-23-22-24-27-31-35-39-43-47-53(58)55-51(50-56)52(57)46-42-38-34-30-14-12-10-8-6-4-2/h16-17,51-52,56-57H,3-15,18-50H2,1-2H3,(H,55,58)/b17-16-. The Morgan fingerprint density at radius 3 is 1.18 bits per heavy atom. The van der Waals surface area contributed by atoms with E-state index in [9.17, 15) is 19.8 Å². The highest BCUT2D eigenvalue weighted by molar-refractivity contribution is 5.76. The zero-order valence-electron chi connectivity index (χ0n) is 40.5. The molecule has 0 aromatic heterocycles. The fourth-order valence-corrected chi connectivity index (χ4v) is 8.40. The van der Waals surface area contributed by atoms with Gasteiger partial charge in [-0.1, -0.05) is 244 Å². The second kappa shape index (κ2) is 50.2. The number of hydrogen-bond donors (Lipinski definition) is 3. The molecule has 0 rings (SSSR count). The Hall–Kier alpha value is -1.40. The van der Waals surface area contributed by atoms with Gasteiger partial charge in [0.1, 0.15) is 0 Å². The van der Waals surface area contributed by atoms with Crippen LogP contribution in [0.4, 0.5) is 0 Å². The van der Waals surface area contributed by atoms with Gasteiger partial charge < -0.3 is 20.3 Å². The Morgan fingerprint density at radius 2 is 0.783 bits per heavy atom. The van der Waals surface area contributed by atoms with E-state index in [2.05, 4.69) is 31.3 Å². The predicted molar refractivity (Wildman–Crippen MR) is 260 cm³/mol. The minimum absolute atomic E-state index is 0.00251. The smallest absolute Gasteiger partial charge is 0.305 e. The molecular weight excluding hydrogens is 743 g/mol. The minimum atomic E-state index is -0.669. The molecule has 0 aliphatic heterocycles. The highest BCUT2D eigenvalue weighted by Gasteiger charge is 2.20. The summed E-state index contributed by atoms with van der Waals surface area (Å²) in [7, 11) is 0. The van der Waals surface area contributed by atoms with Crippen LogP contribution in [0.15, 0.2) is 12.2 Å². The van der Waals surface area contributed by atoms with E-state index in [0.717, 1.165) is 51.4 Å². The van der Waals surface area contributed by atoms with E-state index in [-0.39, 0.29) is 18.5 Å². The van der Waals surface area contributed by atoms with Gasteiger partial charge in [-0.05, 0) is 51.4 Å². The van der Waals surface area contributed by atoms with Gasteiger partial charge in [0.05, 0.1) is 25.4 Å². The molecule has 0 saturated heterocycles. The normalized spacial score (nSPS) is 12.7. The van der Waals surface area contributed by atoms with Gasteiger partial charge in [0.15, 0.2) is 0 Å². The van der Waals surface area contributed by atoms with Gasteiger partial charge in [-0.3, -0.25) is 9.59 Å². The first-order chi connectivity index (χ1) is 29.5. The number of rotatable bonds is 50. The zero-order valence-corrected chi connectivity index (χ0v) is 40.5. The molecule has 6 nitrogen and oxygen atoms in total. The predicted octanol–water partition coefficient (Wildman–Crippen LogP) is 16.1. The largest absolute Gasteiger partial charge is 0.466 e. The maximum atomic E-state index is 12.4. The molecule has 356 valence electrons. The molecule has 0 saturated carbocycles. The molecule has 2 unspecified atom stereocenters. The summed E-state index contributed by atoms with van der Waals surface area (Å²) in [5.41, 5.74) is 0. The molecule has 1 amide bonds. The van der Waals surface area contributed by atoms with Crippen molar-refractivity contribution in [2.45, 2.75) is 309 Å². The summed E-state index contributed by atoms with van der Waals surface area (Å²) in [4.78, 5) is 24.5. The Balaban J connectivity index is 3.39. The van der Waals surface area contributed by atoms with Crippen molar-refractivity contribution in [1.29, 1.82) is 0 Å². The van der Waals surface area contributed by atoms with Gasteiger partial charge in [-0.2, -0.15) is 0 Å². The second-order valence-corrected chi connectivity index (χ2v) is 18.6. The van der Waals surface area contributed by atoms with Crippen molar-refractivity contribution in [3.63, 3.8) is 0 Å². The number of aliphatic hydroxyl groups excluding tert-OH is 2. The van der Waals surface area contributed by atoms with Crippen molar-refractivity contribution in [2.24, 2.45) is 0 Å². The summed E-state index contributed by atoms with van der Waals surface area (Å²) >= 11 is 0. The molecule has 0 aliphatic rings. The molecule has 0 aliphatic carbocycles. The third kappa shape index (κ3) is 46.1. The van der Waals surface area contributed by atoms with E-state index >= 15 is 0 Å². The molecule has 3 N–H and O–H groups in total. The quantitative estimate of drug-likeness (QED) is 0.0322. The fourth-order valence-electron chi connectivity index (χ4n) is 8.40. The number of esters is 1. The molecule has 0 aromatic carbocycles. The molecule has 0 radical (unpaired) electrons. The van der Waals surface area contributed by atoms with E-state index < -0.39 is 12.1 Å². The lowest BCUT2D eigenvalue weighted by molar-refractivity contribution is -0.143. The van der Waals surface area contributed by atoms with Crippen LogP contribution >= 0.6 is 0 Å². The van der Waals surface area contributed by atoms with E-state index in [1.807, 2.05) is 0 Å². The fraction of sp³-hybridized carbons (Fsp3) is 0.926. The van der Waals surface area contributed by atoms with Crippen LogP contribution in [0, 0.1) is 0 Å². The van der Waals surface area contributed by atoms with E-state index in [1.165, 1.54) is 212 Å². The summed E-state index contributed by atoms with van der Waals surface area (Å²) in [6.07, 6.45) is 57.6. The summed E-state index contributed by atoms with van der Waals surface area (Å²) in [6, 6.07) is -0.547. The lowest BCUT2D eigenvalue weighted by atomic mass is 10.0. The number of allylic oxidation sites excluding steroid dienone is 2. The monoisotopic (exact) mass is 848 g/mol. The molecular formula is C54H105NO5. The van der Waals surface area contributed by atoms with Gasteiger partial charge in [-0.15, -0.1) is 0 Å². The third-order valence-corrected chi connectivity index (χ3v) is 12.6. The lowest BCUT2D eigenvalue weighted by Gasteiger charge is -2.22. The molecule has 0 fully saturated rings. The van der Waals surface area contributed by atoms with Crippen molar-refractivity contribution in [3.05, 3.63) is 12.2 Å². The first-order valence-electron chi connectivity index (χ1n) is 26.9. The minimum Gasteiger partial charge on any atom is -0.466 e. The zero-order chi connectivity index (χ0) is 43.7. The van der Waals surface area contributed by atoms with Crippen LogP contribution < -0.4 is 5.32 Å². The Bertz CT molecular complexity index is 893. The summed E-state index contributed by atoms with van der Waals surface area (Å²) in [5, 5.41) is 23.1. The van der Waals surface area contributed by atoms with Gasteiger partial charge >= 0.3 is 5.97 Å². The van der Waals surface area contributed by atoms with Gasteiger partial charge in [0.2, 0.25) is 5.91 Å². The van der Waals surface area contributed by atoms with E-state index in [4.69, 9.17) is 4.74 Å². The highest BCUT2D eigenvalue weighted by Crippen LogP contribution is 2.17. The Kier molecular flexibility index (Phi) is 49.1. The van der Waals surface area contributed by atoms with Crippen LogP contribution in [0.25, 0.3) is 0 Å². The van der Waals surface area contributed by atoms with Gasteiger partial charge in [-0.25, -0.2) is 0 Å². The van der Waals surface area contributed by atoms with Crippen LogP contribution in [0.3, 0.4) is 0 Å². The number of unbranched alkanes of at least 4 members (excludes halogenated alkanes) is 37. The summed E-state index contributed by atoms with van der Waals surface area (Å²) < 4.78 is 5.48. The maximum Gasteiger partial charge on any atom is 0.305 e. The third-order valence-electron chi connectivity index (χ3n) is 12.6. The lowest BCUT2D eigenvalue weighted by Crippen LogP contribution is -2.45. The summed E-state index contributed by atoms with van der Waals surface area (Å²) in [5.74, 6) is -0.0490. The van der Waals surface area contributed by atoms with Crippen LogP contribution in [-0.4, -0.2) is 47.4 Å². The Labute approximate surface area is 374 Å². The van der Waals surface area contributed by atoms with Gasteiger partial charge in [0.25, 0.3) is 0 Å². The van der Waals surface area contributed by atoms with E-state index in [0.29, 0.717) is 25.9 Å². The molecule has 0 aromatic rings. The number of aliphatic hydroxyl groups is 2. The molecule has 0 heterocycles. The van der Waals surface area contributed by atoms with Crippen LogP contribution in [0.1, 0.15) is 296 Å². The van der Waals surface area contributed by atoms with E-state index in [1.54, 1.807) is 0 Å². The molecule has 6 heteroatoms. The van der Waals surface area contributed by atoms with Crippen LogP contribution in [-0.2, 0) is 14.3 Å². The molecule has 0 spiro atoms. The maximum absolute atomic E-state index is 12.4. The number of amides is 1. The average Bonchev–Trinajstić information content (AvgIpc) is 3.25. The number of nitrogens with one attached hydrogen (secondary N) is 1. The number of ether oxygens (including phenoxy) is 1. The average molecular weight is 848 g/mol. The molecule has 60 heavy (non-hydrogen) atoms. The Morgan fingerprint density at radius 1 is 0.450 bits per heavy atom. The van der Waals surface area contributed by atoms with Crippen molar-refractivity contribution in [3.8, 4) is 0 Å². The number of hydrogen-bond acceptors (Lipinski definition) is 5. The topological polar surface area (TPSA) is 95.9 Å².